The van der Waals surface area contributed by atoms with Crippen molar-refractivity contribution in [3.63, 3.8) is 0 Å². The van der Waals surface area contributed by atoms with E-state index in [4.69, 9.17) is 11.6 Å². The van der Waals surface area contributed by atoms with Gasteiger partial charge in [0.05, 0.1) is 18.9 Å². The van der Waals surface area contributed by atoms with E-state index in [1.54, 1.807) is 32.9 Å². The first-order valence-corrected chi connectivity index (χ1v) is 8.41. The predicted octanol–water partition coefficient (Wildman–Crippen LogP) is 2.51. The Hall–Kier alpha value is -2.94. The van der Waals surface area contributed by atoms with E-state index in [9.17, 15) is 19.2 Å². The second kappa shape index (κ2) is 10.9. The minimum Gasteiger partial charge on any atom is -0.450 e. The molecule has 0 heterocycles. The fourth-order valence-electron chi connectivity index (χ4n) is 1.82. The molecule has 0 fully saturated rings. The number of rotatable bonds is 6. The number of hydrogen-bond donors (Lipinski definition) is 2. The molecule has 0 saturated carbocycles. The van der Waals surface area contributed by atoms with Crippen LogP contribution in [-0.2, 0) is 19.1 Å². The maximum absolute atomic E-state index is 12.2. The van der Waals surface area contributed by atoms with Gasteiger partial charge in [-0.3, -0.25) is 25.2 Å². The maximum Gasteiger partial charge on any atom is 0.413 e. The van der Waals surface area contributed by atoms with Crippen molar-refractivity contribution in [2.24, 2.45) is 10.9 Å². The maximum atomic E-state index is 12.2. The summed E-state index contributed by atoms with van der Waals surface area (Å²) in [5.74, 6) is -3.62. The molecule has 10 heteroatoms. The van der Waals surface area contributed by atoms with Crippen molar-refractivity contribution in [3.05, 3.63) is 28.8 Å². The highest BCUT2D eigenvalue weighted by molar-refractivity contribution is 6.30. The molecule has 0 aliphatic carbocycles. The molecule has 0 unspecified atom stereocenters. The highest BCUT2D eigenvalue weighted by Gasteiger charge is 2.28. The number of alkyl carbamates (subject to hydrolysis) is 2. The monoisotopic (exact) mass is 397 g/mol. The molecule has 146 valence electrons. The van der Waals surface area contributed by atoms with E-state index in [0.29, 0.717) is 10.7 Å². The summed E-state index contributed by atoms with van der Waals surface area (Å²) in [5.41, 5.74) is 1.16. The summed E-state index contributed by atoms with van der Waals surface area (Å²) in [6, 6.07) is 4.91. The van der Waals surface area contributed by atoms with Gasteiger partial charge in [-0.25, -0.2) is 9.59 Å². The average Bonchev–Trinajstić information content (AvgIpc) is 2.58. The van der Waals surface area contributed by atoms with Crippen LogP contribution in [-0.4, -0.2) is 43.4 Å². The molecule has 1 aromatic carbocycles. The van der Waals surface area contributed by atoms with Crippen LogP contribution < -0.4 is 10.6 Å². The number of nitrogens with one attached hydrogen (secondary N) is 2. The number of benzene rings is 1. The van der Waals surface area contributed by atoms with Crippen LogP contribution in [0.5, 0.6) is 0 Å². The van der Waals surface area contributed by atoms with Gasteiger partial charge < -0.3 is 9.47 Å². The molecule has 0 aliphatic rings. The molecule has 0 saturated heterocycles. The molecule has 27 heavy (non-hydrogen) atoms. The van der Waals surface area contributed by atoms with Crippen LogP contribution in [0.3, 0.4) is 0 Å². The Morgan fingerprint density at radius 1 is 1.07 bits per heavy atom. The van der Waals surface area contributed by atoms with E-state index < -0.39 is 29.9 Å². The Labute approximate surface area is 161 Å². The van der Waals surface area contributed by atoms with E-state index in [1.807, 2.05) is 10.6 Å². The zero-order chi connectivity index (χ0) is 20.4. The van der Waals surface area contributed by atoms with Crippen LogP contribution in [0.25, 0.3) is 0 Å². The van der Waals surface area contributed by atoms with Crippen molar-refractivity contribution in [1.82, 2.24) is 10.6 Å². The number of imide groups is 2. The van der Waals surface area contributed by atoms with E-state index in [2.05, 4.69) is 14.5 Å². The molecule has 0 aliphatic heterocycles. The Kier molecular flexibility index (Phi) is 8.94. The zero-order valence-corrected chi connectivity index (χ0v) is 15.8. The first-order valence-electron chi connectivity index (χ1n) is 8.04. The fraction of sp³-hybridized carbons (Fsp3) is 0.353. The number of carbonyl (C=O) groups excluding carboxylic acids is 4. The second-order valence-electron chi connectivity index (χ2n) is 5.11. The van der Waals surface area contributed by atoms with Gasteiger partial charge in [0.1, 0.15) is 0 Å². The molecule has 0 spiro atoms. The normalized spacial score (nSPS) is 10.6. The van der Waals surface area contributed by atoms with E-state index in [-0.39, 0.29) is 13.2 Å². The number of amides is 4. The van der Waals surface area contributed by atoms with E-state index in [0.717, 1.165) is 11.8 Å². The topological polar surface area (TPSA) is 123 Å². The second-order valence-corrected chi connectivity index (χ2v) is 5.54. The van der Waals surface area contributed by atoms with E-state index in [1.165, 1.54) is 6.07 Å². The first kappa shape index (κ1) is 22.1. The standard InChI is InChI=1S/C17H20ClN3O6/c1-4-26-16(24)20-14(22)12(15(23)21-17(25)27-5-2)9-19-13-8-11(18)7-6-10(13)3/h6-9,12H,4-5H2,1-3H3,(H,20,22,24)(H,21,23,25). The van der Waals surface area contributed by atoms with Crippen molar-refractivity contribution < 1.29 is 28.7 Å². The zero-order valence-electron chi connectivity index (χ0n) is 15.1. The third-order valence-electron chi connectivity index (χ3n) is 3.10. The minimum absolute atomic E-state index is 0.0363. The summed E-state index contributed by atoms with van der Waals surface area (Å²) in [5, 5.41) is 4.21. The summed E-state index contributed by atoms with van der Waals surface area (Å²) in [6.07, 6.45) is -1.05. The molecule has 1 aromatic rings. The van der Waals surface area contributed by atoms with Gasteiger partial charge in [0.25, 0.3) is 0 Å². The number of halogens is 1. The van der Waals surface area contributed by atoms with Gasteiger partial charge in [-0.15, -0.1) is 0 Å². The van der Waals surface area contributed by atoms with Crippen LogP contribution in [0.2, 0.25) is 5.02 Å². The minimum atomic E-state index is -1.59. The molecule has 0 radical (unpaired) electrons. The number of nitrogens with zero attached hydrogens (tertiary/aromatic N) is 1. The van der Waals surface area contributed by atoms with Gasteiger partial charge in [0.2, 0.25) is 11.8 Å². The lowest BCUT2D eigenvalue weighted by molar-refractivity contribution is -0.131. The lowest BCUT2D eigenvalue weighted by Gasteiger charge is -2.12. The fourth-order valence-corrected chi connectivity index (χ4v) is 1.99. The van der Waals surface area contributed by atoms with E-state index >= 15 is 0 Å². The van der Waals surface area contributed by atoms with Gasteiger partial charge in [0.15, 0.2) is 5.92 Å². The molecule has 0 bridgehead atoms. The number of carbonyl (C=O) groups is 4. The Morgan fingerprint density at radius 2 is 1.59 bits per heavy atom. The molecule has 2 N–H and O–H groups in total. The lowest BCUT2D eigenvalue weighted by atomic mass is 10.1. The van der Waals surface area contributed by atoms with Crippen molar-refractivity contribution in [1.29, 1.82) is 0 Å². The Bertz CT molecular complexity index is 718. The van der Waals surface area contributed by atoms with Gasteiger partial charge in [-0.1, -0.05) is 17.7 Å². The Morgan fingerprint density at radius 3 is 2.07 bits per heavy atom. The number of aryl methyl sites for hydroxylation is 1. The number of ether oxygens (including phenoxy) is 2. The number of aliphatic imine (C=N–C) groups is 1. The predicted molar refractivity (Wildman–Crippen MR) is 98.2 cm³/mol. The summed E-state index contributed by atoms with van der Waals surface area (Å²) >= 11 is 5.91. The molecular weight excluding hydrogens is 378 g/mol. The molecule has 1 rings (SSSR count). The quantitative estimate of drug-likeness (QED) is 0.561. The summed E-state index contributed by atoms with van der Waals surface area (Å²) in [6.45, 7) is 4.94. The molecule has 0 atom stereocenters. The van der Waals surface area contributed by atoms with Crippen LogP contribution in [0.1, 0.15) is 19.4 Å². The van der Waals surface area contributed by atoms with Crippen molar-refractivity contribution in [2.75, 3.05) is 13.2 Å². The van der Waals surface area contributed by atoms with Gasteiger partial charge in [-0.05, 0) is 38.5 Å². The largest absolute Gasteiger partial charge is 0.450 e. The van der Waals surface area contributed by atoms with Crippen LogP contribution in [0.4, 0.5) is 15.3 Å². The third-order valence-corrected chi connectivity index (χ3v) is 3.34. The highest BCUT2D eigenvalue weighted by Crippen LogP contribution is 2.22. The third kappa shape index (κ3) is 7.45. The van der Waals surface area contributed by atoms with Crippen LogP contribution in [0.15, 0.2) is 23.2 Å². The summed E-state index contributed by atoms with van der Waals surface area (Å²) in [4.78, 5) is 51.4. The molecule has 4 amide bonds. The first-order chi connectivity index (χ1) is 12.8. The molecular formula is C17H20ClN3O6. The molecule has 0 aromatic heterocycles. The smallest absolute Gasteiger partial charge is 0.413 e. The van der Waals surface area contributed by atoms with Crippen molar-refractivity contribution in [2.45, 2.75) is 20.8 Å². The average molecular weight is 398 g/mol. The Balaban J connectivity index is 3.05. The van der Waals surface area contributed by atoms with Gasteiger partial charge >= 0.3 is 12.2 Å². The highest BCUT2D eigenvalue weighted by atomic mass is 35.5. The summed E-state index contributed by atoms with van der Waals surface area (Å²) in [7, 11) is 0. The van der Waals surface area contributed by atoms with Gasteiger partial charge in [0, 0.05) is 11.2 Å². The SMILES string of the molecule is CCOC(=O)NC(=O)C(C=Nc1cc(Cl)ccc1C)C(=O)NC(=O)OCC. The van der Waals surface area contributed by atoms with Crippen molar-refractivity contribution >= 4 is 47.5 Å². The number of hydrogen-bond acceptors (Lipinski definition) is 7. The van der Waals surface area contributed by atoms with Gasteiger partial charge in [-0.2, -0.15) is 0 Å². The molecule has 9 nitrogen and oxygen atoms in total. The van der Waals surface area contributed by atoms with Crippen LogP contribution in [0, 0.1) is 12.8 Å². The van der Waals surface area contributed by atoms with Crippen LogP contribution >= 0.6 is 11.6 Å². The lowest BCUT2D eigenvalue weighted by Crippen LogP contribution is -2.46. The summed E-state index contributed by atoms with van der Waals surface area (Å²) < 4.78 is 9.21. The van der Waals surface area contributed by atoms with Crippen molar-refractivity contribution in [3.8, 4) is 0 Å².